The number of anilines is 2. The van der Waals surface area contributed by atoms with Crippen LogP contribution in [-0.4, -0.2) is 72.7 Å². The minimum atomic E-state index is -0.568. The number of aryl methyl sites for hydroxylation is 1. The second kappa shape index (κ2) is 10.2. The molecule has 1 N–H and O–H groups in total. The lowest BCUT2D eigenvalue weighted by Crippen LogP contribution is -2.49. The Hall–Kier alpha value is -3.37. The molecule has 1 aromatic heterocycles. The molecule has 1 amide bonds. The number of carbonyl (C=O) groups is 2. The number of benzene rings is 2. The molecule has 1 atom stereocenters. The average Bonchev–Trinajstić information content (AvgIpc) is 3.24. The zero-order valence-electron chi connectivity index (χ0n) is 20.9. The summed E-state index contributed by atoms with van der Waals surface area (Å²) in [6, 6.07) is 8.81. The van der Waals surface area contributed by atoms with E-state index >= 15 is 0 Å². The quantitative estimate of drug-likeness (QED) is 0.462. The first-order chi connectivity index (χ1) is 17.8. The van der Waals surface area contributed by atoms with Gasteiger partial charge in [-0.2, -0.15) is 0 Å². The van der Waals surface area contributed by atoms with Crippen LogP contribution in [0.2, 0.25) is 5.02 Å². The first-order valence-electron chi connectivity index (χ1n) is 12.1. The van der Waals surface area contributed by atoms with Gasteiger partial charge in [-0.15, -0.1) is 0 Å². The molecule has 3 heterocycles. The Labute approximate surface area is 224 Å². The molecule has 0 unspecified atom stereocenters. The third kappa shape index (κ3) is 4.71. The Bertz CT molecular complexity index is 1450. The topological polar surface area (TPSA) is 88.9 Å². The molecular weight excluding hydrogens is 514 g/mol. The van der Waals surface area contributed by atoms with Gasteiger partial charge in [0.25, 0.3) is 5.91 Å². The molecule has 0 aliphatic carbocycles. The number of fused-ring (bicyclic) bond motifs is 3. The fourth-order valence-corrected chi connectivity index (χ4v) is 5.44. The lowest BCUT2D eigenvalue weighted by Gasteiger charge is -2.37. The fraction of sp³-hybridized carbons (Fsp3) is 0.385. The molecule has 0 saturated carbocycles. The molecule has 3 aromatic rings. The van der Waals surface area contributed by atoms with Crippen molar-refractivity contribution in [2.45, 2.75) is 25.8 Å². The van der Waals surface area contributed by atoms with Crippen molar-refractivity contribution in [2.24, 2.45) is 0 Å². The zero-order chi connectivity index (χ0) is 26.3. The van der Waals surface area contributed by atoms with Gasteiger partial charge in [-0.1, -0.05) is 17.7 Å². The summed E-state index contributed by atoms with van der Waals surface area (Å²) in [4.78, 5) is 34.7. The van der Waals surface area contributed by atoms with Gasteiger partial charge in [0.1, 0.15) is 11.9 Å². The second-order valence-electron chi connectivity index (χ2n) is 9.18. The Kier molecular flexibility index (Phi) is 6.96. The number of piperazine rings is 1. The van der Waals surface area contributed by atoms with E-state index in [4.69, 9.17) is 33.3 Å². The van der Waals surface area contributed by atoms with Gasteiger partial charge >= 0.3 is 0 Å². The van der Waals surface area contributed by atoms with Crippen molar-refractivity contribution in [1.82, 2.24) is 14.5 Å². The molecule has 2 aliphatic heterocycles. The summed E-state index contributed by atoms with van der Waals surface area (Å²) in [7, 11) is 3.10. The minimum absolute atomic E-state index is 0.0333. The number of rotatable bonds is 6. The van der Waals surface area contributed by atoms with E-state index in [2.05, 4.69) is 22.1 Å². The van der Waals surface area contributed by atoms with Gasteiger partial charge in [-0.25, -0.2) is 9.55 Å². The van der Waals surface area contributed by atoms with Crippen LogP contribution < -0.4 is 19.7 Å². The Balaban J connectivity index is 1.25. The highest BCUT2D eigenvalue weighted by Crippen LogP contribution is 2.37. The molecule has 194 valence electrons. The molecule has 5 rings (SSSR count). The van der Waals surface area contributed by atoms with Crippen molar-refractivity contribution in [1.29, 1.82) is 0 Å². The Morgan fingerprint density at radius 2 is 1.84 bits per heavy atom. The first-order valence-corrected chi connectivity index (χ1v) is 12.9. The minimum Gasteiger partial charge on any atom is -0.493 e. The summed E-state index contributed by atoms with van der Waals surface area (Å²) in [5.41, 5.74) is 2.86. The molecule has 2 aromatic carbocycles. The van der Waals surface area contributed by atoms with Crippen molar-refractivity contribution < 1.29 is 19.1 Å². The van der Waals surface area contributed by atoms with Gasteiger partial charge in [0.15, 0.2) is 11.5 Å². The van der Waals surface area contributed by atoms with Crippen LogP contribution in [0.1, 0.15) is 23.2 Å². The number of hydrogen-bond donors (Lipinski definition) is 1. The van der Waals surface area contributed by atoms with Gasteiger partial charge in [0.2, 0.25) is 10.7 Å². The van der Waals surface area contributed by atoms with Crippen LogP contribution in [0, 0.1) is 11.7 Å². The lowest BCUT2D eigenvalue weighted by atomic mass is 10.1. The predicted molar refractivity (Wildman–Crippen MR) is 146 cm³/mol. The van der Waals surface area contributed by atoms with Crippen molar-refractivity contribution >= 4 is 58.0 Å². The maximum Gasteiger partial charge on any atom is 0.257 e. The van der Waals surface area contributed by atoms with Crippen LogP contribution in [-0.2, 0) is 4.79 Å². The highest BCUT2D eigenvalue weighted by atomic mass is 35.5. The standard InChI is InChI=1S/C26H28ClN5O4S/c1-15-4-5-16(27)12-20(15)30-8-10-31(11-9-30)23(33)7-6-18-25(34)32-24(28-18)17-13-21(35-2)22(36-3)14-19(17)29-26(32)37/h4-5,12-14,18,28H,6-11H2,1-3H3/t18-/m1/s1. The molecule has 9 nitrogen and oxygen atoms in total. The van der Waals surface area contributed by atoms with Crippen molar-refractivity contribution in [3.05, 3.63) is 45.7 Å². The Morgan fingerprint density at radius 3 is 2.54 bits per heavy atom. The number of nitrogens with zero attached hydrogens (tertiary/aromatic N) is 4. The van der Waals surface area contributed by atoms with Crippen LogP contribution in [0.25, 0.3) is 10.9 Å². The van der Waals surface area contributed by atoms with Gasteiger partial charge in [0.05, 0.1) is 19.7 Å². The molecule has 1 fully saturated rings. The summed E-state index contributed by atoms with van der Waals surface area (Å²) in [6.45, 7) is 4.77. The van der Waals surface area contributed by atoms with Gasteiger partial charge < -0.3 is 24.6 Å². The van der Waals surface area contributed by atoms with E-state index < -0.39 is 6.04 Å². The lowest BCUT2D eigenvalue weighted by molar-refractivity contribution is -0.131. The van der Waals surface area contributed by atoms with Gasteiger partial charge in [-0.05, 0) is 49.3 Å². The molecule has 0 radical (unpaired) electrons. The highest BCUT2D eigenvalue weighted by molar-refractivity contribution is 7.71. The fourth-order valence-electron chi connectivity index (χ4n) is 4.99. The third-order valence-corrected chi connectivity index (χ3v) is 7.52. The van der Waals surface area contributed by atoms with Crippen molar-refractivity contribution in [3.63, 3.8) is 0 Å². The summed E-state index contributed by atoms with van der Waals surface area (Å²) < 4.78 is 12.4. The molecule has 37 heavy (non-hydrogen) atoms. The van der Waals surface area contributed by atoms with Crippen LogP contribution >= 0.6 is 23.8 Å². The van der Waals surface area contributed by atoms with Crippen LogP contribution in [0.5, 0.6) is 11.5 Å². The normalized spacial score (nSPS) is 17.1. The van der Waals surface area contributed by atoms with Crippen molar-refractivity contribution in [2.75, 3.05) is 50.6 Å². The van der Waals surface area contributed by atoms with E-state index in [0.717, 1.165) is 24.3 Å². The number of nitrogens with one attached hydrogen (secondary N) is 1. The van der Waals surface area contributed by atoms with E-state index in [9.17, 15) is 9.59 Å². The summed E-state index contributed by atoms with van der Waals surface area (Å²) >= 11 is 11.6. The van der Waals surface area contributed by atoms with Crippen LogP contribution in [0.3, 0.4) is 0 Å². The van der Waals surface area contributed by atoms with E-state index in [1.807, 2.05) is 23.1 Å². The molecule has 11 heteroatoms. The maximum atomic E-state index is 13.2. The zero-order valence-corrected chi connectivity index (χ0v) is 22.5. The number of aromatic nitrogens is 2. The molecule has 0 spiro atoms. The number of halogens is 1. The highest BCUT2D eigenvalue weighted by Gasteiger charge is 2.33. The third-order valence-electron chi connectivity index (χ3n) is 7.01. The monoisotopic (exact) mass is 541 g/mol. The summed E-state index contributed by atoms with van der Waals surface area (Å²) in [5, 5.41) is 4.67. The van der Waals surface area contributed by atoms with Crippen LogP contribution in [0.15, 0.2) is 30.3 Å². The number of hydrogen-bond acceptors (Lipinski definition) is 8. The van der Waals surface area contributed by atoms with E-state index in [0.29, 0.717) is 52.8 Å². The van der Waals surface area contributed by atoms with Crippen molar-refractivity contribution in [3.8, 4) is 11.5 Å². The van der Waals surface area contributed by atoms with E-state index in [1.54, 1.807) is 26.4 Å². The number of carbonyl (C=O) groups excluding carboxylic acids is 2. The van der Waals surface area contributed by atoms with Crippen LogP contribution in [0.4, 0.5) is 11.5 Å². The first kappa shape index (κ1) is 25.3. The SMILES string of the molecule is COc1cc2nc(=S)n3c(c2cc1OC)N[C@H](CCC(=O)N1CCN(c2cc(Cl)ccc2C)CC1)C3=O. The summed E-state index contributed by atoms with van der Waals surface area (Å²) in [6.07, 6.45) is 0.611. The second-order valence-corrected chi connectivity index (χ2v) is 9.98. The van der Waals surface area contributed by atoms with Gasteiger partial charge in [0, 0.05) is 54.8 Å². The van der Waals surface area contributed by atoms with Gasteiger partial charge in [-0.3, -0.25) is 9.59 Å². The number of amides is 1. The number of methoxy groups -OCH3 is 2. The van der Waals surface area contributed by atoms with E-state index in [1.165, 1.54) is 4.57 Å². The maximum absolute atomic E-state index is 13.2. The molecular formula is C26H28ClN5O4S. The predicted octanol–water partition coefficient (Wildman–Crippen LogP) is 4.31. The smallest absolute Gasteiger partial charge is 0.257 e. The molecule has 2 aliphatic rings. The summed E-state index contributed by atoms with van der Waals surface area (Å²) in [5.74, 6) is 1.43. The largest absolute Gasteiger partial charge is 0.493 e. The molecule has 1 saturated heterocycles. The van der Waals surface area contributed by atoms with E-state index in [-0.39, 0.29) is 23.0 Å². The molecule has 0 bridgehead atoms. The average molecular weight is 542 g/mol. The Morgan fingerprint density at radius 1 is 1.14 bits per heavy atom. The number of ether oxygens (including phenoxy) is 2.